The van der Waals surface area contributed by atoms with Crippen molar-refractivity contribution in [3.05, 3.63) is 10.6 Å². The number of carbonyl (C=O) groups is 2. The van der Waals surface area contributed by atoms with Crippen molar-refractivity contribution in [2.45, 2.75) is 38.1 Å². The molecule has 2 rings (SSSR count). The second-order valence-electron chi connectivity index (χ2n) is 5.86. The average Bonchev–Trinajstić information content (AvgIpc) is 2.33. The Morgan fingerprint density at radius 2 is 2.05 bits per heavy atom. The summed E-state index contributed by atoms with van der Waals surface area (Å²) in [5.41, 5.74) is 5.55. The molecule has 6 nitrogen and oxygen atoms in total. The van der Waals surface area contributed by atoms with E-state index in [1.54, 1.807) is 0 Å². The van der Waals surface area contributed by atoms with Gasteiger partial charge in [0.15, 0.2) is 0 Å². The second-order valence-corrected chi connectivity index (χ2v) is 7.10. The largest absolute Gasteiger partial charge is 0.477 e. The lowest BCUT2D eigenvalue weighted by molar-refractivity contribution is -0.152. The van der Waals surface area contributed by atoms with Gasteiger partial charge in [0.25, 0.3) is 0 Å². The first-order valence-electron chi connectivity index (χ1n) is 6.02. The molecule has 1 amide bonds. The van der Waals surface area contributed by atoms with Crippen LogP contribution in [0.1, 0.15) is 20.8 Å². The van der Waals surface area contributed by atoms with Crippen molar-refractivity contribution in [2.24, 2.45) is 11.1 Å². The Labute approximate surface area is 115 Å². The third-order valence-electron chi connectivity index (χ3n) is 3.47. The molecule has 0 spiro atoms. The van der Waals surface area contributed by atoms with Crippen LogP contribution in [0.2, 0.25) is 0 Å². The van der Waals surface area contributed by atoms with Crippen molar-refractivity contribution in [1.82, 2.24) is 4.90 Å². The molecule has 3 atom stereocenters. The van der Waals surface area contributed by atoms with E-state index in [4.69, 9.17) is 5.73 Å². The highest BCUT2D eigenvalue weighted by atomic mass is 32.2. The smallest absolute Gasteiger partial charge is 0.353 e. The predicted octanol–water partition coefficient (Wildman–Crippen LogP) is -0.0255. The molecule has 0 aliphatic carbocycles. The van der Waals surface area contributed by atoms with Gasteiger partial charge in [-0.2, -0.15) is 0 Å². The Morgan fingerprint density at radius 1 is 1.47 bits per heavy atom. The summed E-state index contributed by atoms with van der Waals surface area (Å²) >= 11 is 1.32. The lowest BCUT2D eigenvalue weighted by Crippen LogP contribution is -2.74. The SMILES string of the molecule is CC(C)(C)C1SC(CO)=C(C(=O)O)N2C(=O)C(N)C12. The molecular weight excluding hydrogens is 268 g/mol. The highest BCUT2D eigenvalue weighted by molar-refractivity contribution is 8.03. The van der Waals surface area contributed by atoms with Gasteiger partial charge >= 0.3 is 5.97 Å². The van der Waals surface area contributed by atoms with Crippen LogP contribution in [0.4, 0.5) is 0 Å². The van der Waals surface area contributed by atoms with Crippen molar-refractivity contribution in [3.8, 4) is 0 Å². The minimum atomic E-state index is -1.20. The first-order chi connectivity index (χ1) is 8.70. The lowest BCUT2D eigenvalue weighted by Gasteiger charge is -2.55. The molecule has 2 aliphatic heterocycles. The van der Waals surface area contributed by atoms with E-state index in [0.29, 0.717) is 4.91 Å². The number of carboxylic acid groups (broad SMARTS) is 1. The minimum Gasteiger partial charge on any atom is -0.477 e. The van der Waals surface area contributed by atoms with Crippen LogP contribution in [0.3, 0.4) is 0 Å². The molecule has 1 saturated heterocycles. The Hall–Kier alpha value is -1.05. The summed E-state index contributed by atoms with van der Waals surface area (Å²) in [5, 5.41) is 18.6. The topological polar surface area (TPSA) is 104 Å². The van der Waals surface area contributed by atoms with Gasteiger partial charge in [0.2, 0.25) is 5.91 Å². The van der Waals surface area contributed by atoms with Crippen molar-refractivity contribution >= 4 is 23.6 Å². The fraction of sp³-hybridized carbons (Fsp3) is 0.667. The van der Waals surface area contributed by atoms with Crippen molar-refractivity contribution < 1.29 is 19.8 Å². The number of hydrogen-bond donors (Lipinski definition) is 3. The fourth-order valence-corrected chi connectivity index (χ4v) is 4.01. The molecule has 1 fully saturated rings. The van der Waals surface area contributed by atoms with Gasteiger partial charge in [0.05, 0.1) is 12.6 Å². The van der Waals surface area contributed by atoms with E-state index in [1.807, 2.05) is 20.8 Å². The highest BCUT2D eigenvalue weighted by Crippen LogP contribution is 2.48. The number of carboxylic acids is 1. The summed E-state index contributed by atoms with van der Waals surface area (Å²) in [5.74, 6) is -1.59. The fourth-order valence-electron chi connectivity index (χ4n) is 2.55. The molecular formula is C12H18N2O4S. The zero-order valence-corrected chi connectivity index (χ0v) is 11.9. The molecule has 0 radical (unpaired) electrons. The number of nitrogens with zero attached hydrogens (tertiary/aromatic N) is 1. The summed E-state index contributed by atoms with van der Waals surface area (Å²) in [6.45, 7) is 5.65. The Morgan fingerprint density at radius 3 is 2.47 bits per heavy atom. The van der Waals surface area contributed by atoms with Gasteiger partial charge in [0.1, 0.15) is 11.7 Å². The number of aliphatic hydroxyl groups is 1. The third kappa shape index (κ3) is 2.05. The van der Waals surface area contributed by atoms with Crippen LogP contribution in [-0.2, 0) is 9.59 Å². The highest BCUT2D eigenvalue weighted by Gasteiger charge is 2.57. The van der Waals surface area contributed by atoms with E-state index in [-0.39, 0.29) is 34.9 Å². The molecule has 3 unspecified atom stereocenters. The number of carbonyl (C=O) groups excluding carboxylic acids is 1. The number of rotatable bonds is 2. The van der Waals surface area contributed by atoms with Gasteiger partial charge in [-0.25, -0.2) is 4.79 Å². The van der Waals surface area contributed by atoms with Crippen molar-refractivity contribution in [2.75, 3.05) is 6.61 Å². The maximum absolute atomic E-state index is 11.9. The first-order valence-corrected chi connectivity index (χ1v) is 6.90. The average molecular weight is 286 g/mol. The minimum absolute atomic E-state index is 0.0366. The Bertz CT molecular complexity index is 469. The van der Waals surface area contributed by atoms with Gasteiger partial charge in [-0.1, -0.05) is 20.8 Å². The zero-order valence-electron chi connectivity index (χ0n) is 11.1. The molecule has 0 aromatic heterocycles. The van der Waals surface area contributed by atoms with Crippen LogP contribution in [-0.4, -0.2) is 50.9 Å². The van der Waals surface area contributed by atoms with E-state index >= 15 is 0 Å². The molecule has 4 N–H and O–H groups in total. The summed E-state index contributed by atoms with van der Waals surface area (Å²) in [4.78, 5) is 24.7. The Balaban J connectivity index is 2.49. The molecule has 7 heteroatoms. The van der Waals surface area contributed by atoms with Crippen LogP contribution >= 0.6 is 11.8 Å². The number of aliphatic hydroxyl groups excluding tert-OH is 1. The number of aliphatic carboxylic acids is 1. The summed E-state index contributed by atoms with van der Waals surface area (Å²) in [6.07, 6.45) is 0. The monoisotopic (exact) mass is 286 g/mol. The molecule has 0 aromatic rings. The molecule has 19 heavy (non-hydrogen) atoms. The quantitative estimate of drug-likeness (QED) is 0.616. The summed E-state index contributed by atoms with van der Waals surface area (Å²) < 4.78 is 0. The van der Waals surface area contributed by atoms with Gasteiger partial charge in [-0.3, -0.25) is 9.69 Å². The number of β-lactam (4-membered cyclic amide) rings is 1. The third-order valence-corrected chi connectivity index (χ3v) is 5.32. The van der Waals surface area contributed by atoms with E-state index in [0.717, 1.165) is 0 Å². The molecule has 2 aliphatic rings. The van der Waals surface area contributed by atoms with Gasteiger partial charge in [-0.05, 0) is 5.41 Å². The van der Waals surface area contributed by atoms with Crippen LogP contribution in [0, 0.1) is 5.41 Å². The van der Waals surface area contributed by atoms with Crippen LogP contribution in [0.15, 0.2) is 10.6 Å². The zero-order chi connectivity index (χ0) is 14.5. The number of fused-ring (bicyclic) bond motifs is 1. The van der Waals surface area contributed by atoms with E-state index in [2.05, 4.69) is 0 Å². The molecule has 0 bridgehead atoms. The lowest BCUT2D eigenvalue weighted by atomic mass is 9.79. The second kappa shape index (κ2) is 4.50. The van der Waals surface area contributed by atoms with Crippen molar-refractivity contribution in [1.29, 1.82) is 0 Å². The normalized spacial score (nSPS) is 31.1. The van der Waals surface area contributed by atoms with Gasteiger partial charge in [0, 0.05) is 10.2 Å². The van der Waals surface area contributed by atoms with Gasteiger partial charge < -0.3 is 15.9 Å². The Kier molecular flexibility index (Phi) is 3.40. The molecule has 106 valence electrons. The first kappa shape index (κ1) is 14.4. The standard InChI is InChI=1S/C12H18N2O4S/c1-12(2,3)9-8-6(13)10(16)14(8)7(11(17)18)5(4-15)19-9/h6,8-9,15H,4,13H2,1-3H3,(H,17,18). The van der Waals surface area contributed by atoms with Gasteiger partial charge in [-0.15, -0.1) is 11.8 Å². The molecule has 0 aromatic carbocycles. The van der Waals surface area contributed by atoms with E-state index in [9.17, 15) is 19.8 Å². The predicted molar refractivity (Wildman–Crippen MR) is 71.2 cm³/mol. The number of amides is 1. The summed E-state index contributed by atoms with van der Waals surface area (Å²) in [6, 6.07) is -0.981. The molecule has 2 heterocycles. The van der Waals surface area contributed by atoms with Crippen LogP contribution in [0.25, 0.3) is 0 Å². The number of thioether (sulfide) groups is 1. The van der Waals surface area contributed by atoms with E-state index < -0.39 is 12.0 Å². The van der Waals surface area contributed by atoms with Crippen LogP contribution in [0.5, 0.6) is 0 Å². The molecule has 0 saturated carbocycles. The van der Waals surface area contributed by atoms with E-state index in [1.165, 1.54) is 16.7 Å². The van der Waals surface area contributed by atoms with Crippen molar-refractivity contribution in [3.63, 3.8) is 0 Å². The number of hydrogen-bond acceptors (Lipinski definition) is 5. The maximum atomic E-state index is 11.9. The summed E-state index contributed by atoms with van der Waals surface area (Å²) in [7, 11) is 0. The van der Waals surface area contributed by atoms with Crippen LogP contribution < -0.4 is 5.73 Å². The number of nitrogens with two attached hydrogens (primary N) is 1. The maximum Gasteiger partial charge on any atom is 0.353 e.